The van der Waals surface area contributed by atoms with Crippen LogP contribution in [0.15, 0.2) is 28.2 Å². The first-order valence-electron chi connectivity index (χ1n) is 3.16. The van der Waals surface area contributed by atoms with E-state index < -0.39 is 10.1 Å². The first kappa shape index (κ1) is 8.95. The van der Waals surface area contributed by atoms with Crippen molar-refractivity contribution in [1.29, 1.82) is 0 Å². The number of allylic oxidation sites excluding steroid dienone is 3. The van der Waals surface area contributed by atoms with Crippen molar-refractivity contribution in [2.24, 2.45) is 10.9 Å². The number of nitrogens with zero attached hydrogens (tertiary/aromatic N) is 1. The van der Waals surface area contributed by atoms with Crippen LogP contribution >= 0.6 is 0 Å². The van der Waals surface area contributed by atoms with Crippen LogP contribution in [0.2, 0.25) is 0 Å². The highest BCUT2D eigenvalue weighted by molar-refractivity contribution is 7.90. The monoisotopic (exact) mass is 188 g/mol. The Morgan fingerprint density at radius 1 is 1.50 bits per heavy atom. The highest BCUT2D eigenvalue weighted by atomic mass is 32.2. The largest absolute Gasteiger partial charge is 0.323 e. The molecule has 0 bridgehead atoms. The molecule has 0 atom stereocenters. The molecule has 0 heterocycles. The molecule has 0 amide bonds. The molecule has 66 valence electrons. The van der Waals surface area contributed by atoms with Gasteiger partial charge in [0, 0.05) is 6.42 Å². The Bertz CT molecular complexity index is 364. The van der Waals surface area contributed by atoms with E-state index in [9.17, 15) is 8.42 Å². The summed E-state index contributed by atoms with van der Waals surface area (Å²) in [6.45, 7) is 0. The van der Waals surface area contributed by atoms with Crippen LogP contribution in [0.5, 0.6) is 0 Å². The second kappa shape index (κ2) is 3.08. The average molecular weight is 188 g/mol. The van der Waals surface area contributed by atoms with Crippen LogP contribution in [-0.2, 0) is 10.1 Å². The second-order valence-electron chi connectivity index (χ2n) is 2.24. The molecule has 0 fully saturated rings. The Labute approximate surface area is 70.0 Å². The zero-order valence-electron chi connectivity index (χ0n) is 6.14. The molecule has 1 aliphatic rings. The summed E-state index contributed by atoms with van der Waals surface area (Å²) < 4.78 is 29.7. The van der Waals surface area contributed by atoms with E-state index in [1.54, 1.807) is 0 Å². The molecule has 1 aliphatic carbocycles. The normalized spacial score (nSPS) is 21.1. The molecule has 3 N–H and O–H groups in total. The zero-order chi connectivity index (χ0) is 9.19. The van der Waals surface area contributed by atoms with E-state index in [1.165, 1.54) is 18.2 Å². The van der Waals surface area contributed by atoms with Gasteiger partial charge in [-0.15, -0.1) is 0 Å². The zero-order valence-corrected chi connectivity index (χ0v) is 6.95. The quantitative estimate of drug-likeness (QED) is 0.345. The fourth-order valence-electron chi connectivity index (χ4n) is 0.807. The second-order valence-corrected chi connectivity index (χ2v) is 3.66. The molecule has 12 heavy (non-hydrogen) atoms. The van der Waals surface area contributed by atoms with Gasteiger partial charge in [-0.3, -0.25) is 4.55 Å². The van der Waals surface area contributed by atoms with E-state index >= 15 is 0 Å². The van der Waals surface area contributed by atoms with Crippen LogP contribution in [0.3, 0.4) is 0 Å². The standard InChI is InChI=1S/C6H8N2O3S/c7-8-5-1-3-6(4-2-5)12(9,10)11/h1,3-4H,2,7H2,(H,9,10,11). The van der Waals surface area contributed by atoms with Crippen molar-refractivity contribution in [3.8, 4) is 0 Å². The van der Waals surface area contributed by atoms with Gasteiger partial charge in [0.05, 0.1) is 10.6 Å². The number of hydrogen-bond donors (Lipinski definition) is 2. The smallest absolute Gasteiger partial charge is 0.294 e. The maximum absolute atomic E-state index is 10.5. The van der Waals surface area contributed by atoms with Crippen LogP contribution < -0.4 is 5.84 Å². The van der Waals surface area contributed by atoms with Crippen LogP contribution in [0.25, 0.3) is 0 Å². The molecule has 0 aromatic carbocycles. The lowest BCUT2D eigenvalue weighted by Gasteiger charge is -2.03. The number of nitrogens with two attached hydrogens (primary N) is 1. The molecule has 0 radical (unpaired) electrons. The third-order valence-electron chi connectivity index (χ3n) is 1.42. The van der Waals surface area contributed by atoms with Gasteiger partial charge in [0.2, 0.25) is 0 Å². The Balaban J connectivity index is 2.93. The Morgan fingerprint density at radius 3 is 2.50 bits per heavy atom. The van der Waals surface area contributed by atoms with Crippen LogP contribution in [-0.4, -0.2) is 18.7 Å². The lowest BCUT2D eigenvalue weighted by molar-refractivity contribution is 0.492. The minimum Gasteiger partial charge on any atom is -0.323 e. The summed E-state index contributed by atoms with van der Waals surface area (Å²) in [4.78, 5) is -0.116. The van der Waals surface area contributed by atoms with Gasteiger partial charge in [0.1, 0.15) is 0 Å². The van der Waals surface area contributed by atoms with Crippen molar-refractivity contribution in [2.45, 2.75) is 6.42 Å². The van der Waals surface area contributed by atoms with E-state index in [0.29, 0.717) is 12.1 Å². The molecular formula is C6H8N2O3S. The maximum atomic E-state index is 10.5. The van der Waals surface area contributed by atoms with E-state index in [2.05, 4.69) is 5.10 Å². The molecule has 0 saturated heterocycles. The molecule has 0 saturated carbocycles. The van der Waals surface area contributed by atoms with Crippen molar-refractivity contribution in [3.05, 3.63) is 23.1 Å². The molecule has 6 heteroatoms. The molecule has 1 rings (SSSR count). The summed E-state index contributed by atoms with van der Waals surface area (Å²) in [5, 5.41) is 3.37. The summed E-state index contributed by atoms with van der Waals surface area (Å²) in [6.07, 6.45) is 4.37. The van der Waals surface area contributed by atoms with Crippen molar-refractivity contribution < 1.29 is 13.0 Å². The highest BCUT2D eigenvalue weighted by Crippen LogP contribution is 2.12. The molecular weight excluding hydrogens is 180 g/mol. The molecule has 0 spiro atoms. The SMILES string of the molecule is NN=C1C=CC(S(=O)(=O)O)=CC1. The number of rotatable bonds is 1. The van der Waals surface area contributed by atoms with Gasteiger partial charge in [-0.05, 0) is 12.2 Å². The minimum atomic E-state index is -4.08. The predicted molar refractivity (Wildman–Crippen MR) is 45.0 cm³/mol. The van der Waals surface area contributed by atoms with E-state index in [-0.39, 0.29) is 4.91 Å². The van der Waals surface area contributed by atoms with Gasteiger partial charge in [0.15, 0.2) is 0 Å². The fourth-order valence-corrected chi connectivity index (χ4v) is 1.34. The van der Waals surface area contributed by atoms with Gasteiger partial charge < -0.3 is 5.84 Å². The predicted octanol–water partition coefficient (Wildman–Crippen LogP) is 0.0327. The summed E-state index contributed by atoms with van der Waals surface area (Å²) in [5.41, 5.74) is 0.572. The summed E-state index contributed by atoms with van der Waals surface area (Å²) in [6, 6.07) is 0. The first-order chi connectivity index (χ1) is 5.54. The lowest BCUT2D eigenvalue weighted by atomic mass is 10.2. The Kier molecular flexibility index (Phi) is 2.30. The van der Waals surface area contributed by atoms with Crippen LogP contribution in [0, 0.1) is 0 Å². The van der Waals surface area contributed by atoms with Gasteiger partial charge >= 0.3 is 0 Å². The number of hydrogen-bond acceptors (Lipinski definition) is 4. The van der Waals surface area contributed by atoms with Gasteiger partial charge in [-0.2, -0.15) is 13.5 Å². The van der Waals surface area contributed by atoms with E-state index in [0.717, 1.165) is 0 Å². The lowest BCUT2D eigenvalue weighted by Crippen LogP contribution is -2.06. The first-order valence-corrected chi connectivity index (χ1v) is 4.60. The van der Waals surface area contributed by atoms with Crippen molar-refractivity contribution in [2.75, 3.05) is 0 Å². The Hall–Kier alpha value is -1.14. The fraction of sp³-hybridized carbons (Fsp3) is 0.167. The highest BCUT2D eigenvalue weighted by Gasteiger charge is 2.13. The van der Waals surface area contributed by atoms with Gasteiger partial charge in [-0.1, -0.05) is 6.08 Å². The van der Waals surface area contributed by atoms with Crippen molar-refractivity contribution in [3.63, 3.8) is 0 Å². The summed E-state index contributed by atoms with van der Waals surface area (Å²) in [5.74, 6) is 4.95. The molecule has 0 aromatic heterocycles. The van der Waals surface area contributed by atoms with Gasteiger partial charge in [-0.25, -0.2) is 0 Å². The topological polar surface area (TPSA) is 92.8 Å². The molecule has 0 aromatic rings. The summed E-state index contributed by atoms with van der Waals surface area (Å²) in [7, 11) is -4.08. The third-order valence-corrected chi connectivity index (χ3v) is 2.31. The number of hydrazone groups is 1. The molecule has 0 aliphatic heterocycles. The van der Waals surface area contributed by atoms with Gasteiger partial charge in [0.25, 0.3) is 10.1 Å². The van der Waals surface area contributed by atoms with E-state index in [1.807, 2.05) is 0 Å². The molecule has 0 unspecified atom stereocenters. The van der Waals surface area contributed by atoms with Crippen LogP contribution in [0.4, 0.5) is 0 Å². The van der Waals surface area contributed by atoms with Crippen molar-refractivity contribution in [1.82, 2.24) is 0 Å². The minimum absolute atomic E-state index is 0.116. The Morgan fingerprint density at radius 2 is 2.17 bits per heavy atom. The maximum Gasteiger partial charge on any atom is 0.294 e. The van der Waals surface area contributed by atoms with E-state index in [4.69, 9.17) is 10.4 Å². The average Bonchev–Trinajstić information content (AvgIpc) is 2.03. The van der Waals surface area contributed by atoms with Crippen LogP contribution in [0.1, 0.15) is 6.42 Å². The third kappa shape index (κ3) is 1.93. The molecule has 5 nitrogen and oxygen atoms in total. The van der Waals surface area contributed by atoms with Crippen molar-refractivity contribution >= 4 is 15.8 Å². The summed E-state index contributed by atoms with van der Waals surface area (Å²) >= 11 is 0.